The number of amides is 1. The Balaban J connectivity index is 1.42. The van der Waals surface area contributed by atoms with Crippen molar-refractivity contribution in [3.8, 4) is 17.3 Å². The number of rotatable bonds is 5. The van der Waals surface area contributed by atoms with Crippen LogP contribution < -0.4 is 14.8 Å². The van der Waals surface area contributed by atoms with Crippen LogP contribution in [0.4, 0.5) is 5.69 Å². The third kappa shape index (κ3) is 4.24. The van der Waals surface area contributed by atoms with Gasteiger partial charge in [-0.2, -0.15) is 0 Å². The zero-order valence-electron chi connectivity index (χ0n) is 16.4. The minimum Gasteiger partial charge on any atom is -0.486 e. The lowest BCUT2D eigenvalue weighted by atomic mass is 10.2. The Morgan fingerprint density at radius 2 is 1.84 bits per heavy atom. The molecule has 0 radical (unpaired) electrons. The number of nitrogens with one attached hydrogen (secondary N) is 1. The van der Waals surface area contributed by atoms with Gasteiger partial charge in [-0.1, -0.05) is 30.0 Å². The van der Waals surface area contributed by atoms with Crippen LogP contribution >= 0.6 is 11.8 Å². The van der Waals surface area contributed by atoms with E-state index in [4.69, 9.17) is 9.47 Å². The van der Waals surface area contributed by atoms with Gasteiger partial charge in [0.2, 0.25) is 0 Å². The molecule has 0 bridgehead atoms. The topological polar surface area (TPSA) is 78.3 Å². The van der Waals surface area contributed by atoms with Crippen molar-refractivity contribution in [3.05, 3.63) is 85.1 Å². The molecule has 0 spiro atoms. The molecule has 1 aliphatic heterocycles. The van der Waals surface area contributed by atoms with Crippen LogP contribution in [0.1, 0.15) is 10.4 Å². The quantitative estimate of drug-likeness (QED) is 0.504. The molecule has 0 unspecified atom stereocenters. The Kier molecular flexibility index (Phi) is 5.28. The Bertz CT molecular complexity index is 1200. The summed E-state index contributed by atoms with van der Waals surface area (Å²) in [5.41, 5.74) is 1.11. The first-order valence-corrected chi connectivity index (χ1v) is 10.5. The number of carbonyl (C=O) groups is 1. The fraction of sp³-hybridized carbons (Fsp3) is 0.0870. The zero-order valence-corrected chi connectivity index (χ0v) is 17.2. The maximum Gasteiger partial charge on any atom is 0.257 e. The second kappa shape index (κ2) is 8.53. The number of benzene rings is 2. The number of imidazole rings is 1. The van der Waals surface area contributed by atoms with Crippen LogP contribution in [0.3, 0.4) is 0 Å². The smallest absolute Gasteiger partial charge is 0.257 e. The maximum atomic E-state index is 12.9. The predicted molar refractivity (Wildman–Crippen MR) is 117 cm³/mol. The van der Waals surface area contributed by atoms with E-state index >= 15 is 0 Å². The number of carbonyl (C=O) groups excluding carboxylic acids is 1. The molecule has 2 aromatic heterocycles. The van der Waals surface area contributed by atoms with Crippen molar-refractivity contribution in [2.45, 2.75) is 9.79 Å². The van der Waals surface area contributed by atoms with E-state index in [1.54, 1.807) is 53.4 Å². The van der Waals surface area contributed by atoms with E-state index in [-0.39, 0.29) is 5.91 Å². The number of ether oxygens (including phenoxy) is 2. The molecule has 5 rings (SSSR count). The number of pyridine rings is 1. The Labute approximate surface area is 183 Å². The zero-order chi connectivity index (χ0) is 21.0. The largest absolute Gasteiger partial charge is 0.486 e. The Morgan fingerprint density at radius 3 is 2.55 bits per heavy atom. The van der Waals surface area contributed by atoms with Gasteiger partial charge in [0.25, 0.3) is 5.91 Å². The number of hydrogen-bond acceptors (Lipinski definition) is 6. The highest BCUT2D eigenvalue weighted by Crippen LogP contribution is 2.42. The van der Waals surface area contributed by atoms with E-state index in [0.29, 0.717) is 41.8 Å². The lowest BCUT2D eigenvalue weighted by Crippen LogP contribution is -2.17. The van der Waals surface area contributed by atoms with Crippen molar-refractivity contribution in [1.29, 1.82) is 0 Å². The van der Waals surface area contributed by atoms with Crippen molar-refractivity contribution in [1.82, 2.24) is 14.5 Å². The number of anilines is 1. The molecule has 4 aromatic rings. The molecule has 0 fully saturated rings. The minimum atomic E-state index is -0.253. The van der Waals surface area contributed by atoms with Crippen LogP contribution in [0.15, 0.2) is 89.3 Å². The average Bonchev–Trinajstić information content (AvgIpc) is 3.35. The molecule has 1 amide bonds. The van der Waals surface area contributed by atoms with E-state index in [1.165, 1.54) is 0 Å². The van der Waals surface area contributed by atoms with Crippen LogP contribution in [0.25, 0.3) is 5.82 Å². The molecule has 0 aliphatic carbocycles. The molecule has 0 atom stereocenters. The molecule has 8 heteroatoms. The van der Waals surface area contributed by atoms with Gasteiger partial charge in [0.15, 0.2) is 11.5 Å². The normalized spacial score (nSPS) is 12.4. The van der Waals surface area contributed by atoms with Crippen LogP contribution in [0, 0.1) is 0 Å². The highest BCUT2D eigenvalue weighted by molar-refractivity contribution is 7.99. The van der Waals surface area contributed by atoms with Crippen molar-refractivity contribution in [3.63, 3.8) is 0 Å². The molecule has 31 heavy (non-hydrogen) atoms. The SMILES string of the molecule is O=C(Nc1cc2c(cc1Sc1ccccc1)OCCO2)c1ccc(-n2ccnc2)nc1. The summed E-state index contributed by atoms with van der Waals surface area (Å²) in [6.07, 6.45) is 6.68. The van der Waals surface area contributed by atoms with Gasteiger partial charge in [-0.25, -0.2) is 9.97 Å². The van der Waals surface area contributed by atoms with Gasteiger partial charge in [0.05, 0.1) is 11.3 Å². The fourth-order valence-electron chi connectivity index (χ4n) is 3.13. The van der Waals surface area contributed by atoms with Gasteiger partial charge < -0.3 is 14.8 Å². The van der Waals surface area contributed by atoms with Gasteiger partial charge in [-0.15, -0.1) is 0 Å². The summed E-state index contributed by atoms with van der Waals surface area (Å²) in [4.78, 5) is 23.2. The second-order valence-corrected chi connectivity index (χ2v) is 7.85. The molecule has 2 aromatic carbocycles. The number of nitrogens with zero attached hydrogens (tertiary/aromatic N) is 3. The van der Waals surface area contributed by atoms with E-state index in [2.05, 4.69) is 15.3 Å². The summed E-state index contributed by atoms with van der Waals surface area (Å²) in [6, 6.07) is 17.2. The van der Waals surface area contributed by atoms with Crippen LogP contribution in [-0.4, -0.2) is 33.7 Å². The first-order valence-electron chi connectivity index (χ1n) is 9.68. The van der Waals surface area contributed by atoms with Crippen molar-refractivity contribution in [2.24, 2.45) is 0 Å². The van der Waals surface area contributed by atoms with Crippen LogP contribution in [-0.2, 0) is 0 Å². The molecule has 0 saturated carbocycles. The van der Waals surface area contributed by atoms with E-state index in [0.717, 1.165) is 9.79 Å². The molecule has 3 heterocycles. The molecular formula is C23H18N4O3S. The molecule has 0 saturated heterocycles. The lowest BCUT2D eigenvalue weighted by Gasteiger charge is -2.21. The maximum absolute atomic E-state index is 12.9. The predicted octanol–water partition coefficient (Wildman–Crippen LogP) is 4.44. The summed E-state index contributed by atoms with van der Waals surface area (Å²) < 4.78 is 13.2. The van der Waals surface area contributed by atoms with E-state index < -0.39 is 0 Å². The first kappa shape index (κ1) is 19.2. The third-order valence-corrected chi connectivity index (χ3v) is 5.71. The number of aromatic nitrogens is 3. The third-order valence-electron chi connectivity index (χ3n) is 4.64. The van der Waals surface area contributed by atoms with E-state index in [1.807, 2.05) is 42.5 Å². The molecule has 7 nitrogen and oxygen atoms in total. The van der Waals surface area contributed by atoms with Gasteiger partial charge in [-0.3, -0.25) is 9.36 Å². The summed E-state index contributed by atoms with van der Waals surface area (Å²) in [5.74, 6) is 1.73. The van der Waals surface area contributed by atoms with Gasteiger partial charge in [-0.05, 0) is 24.3 Å². The molecule has 154 valence electrons. The highest BCUT2D eigenvalue weighted by atomic mass is 32.2. The van der Waals surface area contributed by atoms with Crippen LogP contribution in [0.5, 0.6) is 11.5 Å². The molecule has 1 N–H and O–H groups in total. The van der Waals surface area contributed by atoms with E-state index in [9.17, 15) is 4.79 Å². The van der Waals surface area contributed by atoms with Crippen LogP contribution in [0.2, 0.25) is 0 Å². The number of fused-ring (bicyclic) bond motifs is 1. The van der Waals surface area contributed by atoms with Crippen molar-refractivity contribution >= 4 is 23.4 Å². The van der Waals surface area contributed by atoms with Gasteiger partial charge >= 0.3 is 0 Å². The Hall–Kier alpha value is -3.78. The fourth-order valence-corrected chi connectivity index (χ4v) is 4.06. The summed E-state index contributed by atoms with van der Waals surface area (Å²) in [7, 11) is 0. The monoisotopic (exact) mass is 430 g/mol. The second-order valence-electron chi connectivity index (χ2n) is 6.74. The van der Waals surface area contributed by atoms with Gasteiger partial charge in [0.1, 0.15) is 25.4 Å². The van der Waals surface area contributed by atoms with Crippen molar-refractivity contribution in [2.75, 3.05) is 18.5 Å². The first-order chi connectivity index (χ1) is 15.3. The Morgan fingerprint density at radius 1 is 1.03 bits per heavy atom. The molecule has 1 aliphatic rings. The van der Waals surface area contributed by atoms with Crippen molar-refractivity contribution < 1.29 is 14.3 Å². The highest BCUT2D eigenvalue weighted by Gasteiger charge is 2.19. The van der Waals surface area contributed by atoms with Gasteiger partial charge in [0, 0.05) is 40.5 Å². The summed E-state index contributed by atoms with van der Waals surface area (Å²) >= 11 is 1.55. The summed E-state index contributed by atoms with van der Waals surface area (Å²) in [6.45, 7) is 0.980. The summed E-state index contributed by atoms with van der Waals surface area (Å²) in [5, 5.41) is 3.00. The minimum absolute atomic E-state index is 0.253. The molecular weight excluding hydrogens is 412 g/mol. The standard InChI is InChI=1S/C23H18N4O3S/c28-23(16-6-7-22(25-14-16)27-9-8-24-15-27)26-18-12-19-20(30-11-10-29-19)13-21(18)31-17-4-2-1-3-5-17/h1-9,12-15H,10-11H2,(H,26,28). The number of hydrogen-bond donors (Lipinski definition) is 1. The lowest BCUT2D eigenvalue weighted by molar-refractivity contribution is 0.102. The average molecular weight is 430 g/mol.